The molecule has 1 aliphatic rings. The molecule has 1 fully saturated rings. The smallest absolute Gasteiger partial charge is 0.251 e. The summed E-state index contributed by atoms with van der Waals surface area (Å²) in [5.74, 6) is 0.0241. The molecule has 0 aliphatic carbocycles. The lowest BCUT2D eigenvalue weighted by Crippen LogP contribution is -2.55. The van der Waals surface area contributed by atoms with Crippen LogP contribution in [0.3, 0.4) is 0 Å². The lowest BCUT2D eigenvalue weighted by molar-refractivity contribution is -0.113. The van der Waals surface area contributed by atoms with E-state index in [-0.39, 0.29) is 23.1 Å². The first-order valence-electron chi connectivity index (χ1n) is 9.96. The molecule has 0 unspecified atom stereocenters. The minimum absolute atomic E-state index is 0.118. The number of thioether (sulfide) groups is 1. The van der Waals surface area contributed by atoms with E-state index in [0.717, 1.165) is 31.5 Å². The molecular weight excluding hydrogens is 402 g/mol. The van der Waals surface area contributed by atoms with Crippen molar-refractivity contribution in [1.29, 1.82) is 0 Å². The molecule has 0 atom stereocenters. The quantitative estimate of drug-likeness (QED) is 0.622. The zero-order chi connectivity index (χ0) is 21.6. The number of rotatable bonds is 8. The van der Waals surface area contributed by atoms with Crippen LogP contribution in [0.25, 0.3) is 0 Å². The van der Waals surface area contributed by atoms with Gasteiger partial charge in [-0.3, -0.25) is 14.5 Å². The second kappa shape index (κ2) is 10.1. The van der Waals surface area contributed by atoms with Gasteiger partial charge in [0.25, 0.3) is 5.91 Å². The van der Waals surface area contributed by atoms with Crippen LogP contribution in [0.2, 0.25) is 0 Å². The second-order valence-corrected chi connectivity index (χ2v) is 8.77. The predicted octanol–water partition coefficient (Wildman–Crippen LogP) is 1.99. The highest BCUT2D eigenvalue weighted by Gasteiger charge is 2.28. The van der Waals surface area contributed by atoms with Crippen LogP contribution >= 0.6 is 11.8 Å². The first-order chi connectivity index (χ1) is 14.3. The van der Waals surface area contributed by atoms with Crippen molar-refractivity contribution in [2.45, 2.75) is 24.5 Å². The first-order valence-corrected chi connectivity index (χ1v) is 10.9. The van der Waals surface area contributed by atoms with Gasteiger partial charge in [0.15, 0.2) is 5.16 Å². The average molecular weight is 432 g/mol. The summed E-state index contributed by atoms with van der Waals surface area (Å²) in [6, 6.07) is 6.92. The van der Waals surface area contributed by atoms with Gasteiger partial charge in [0.1, 0.15) is 0 Å². The number of hydrogen-bond donors (Lipinski definition) is 2. The van der Waals surface area contributed by atoms with Gasteiger partial charge < -0.3 is 19.9 Å². The van der Waals surface area contributed by atoms with Crippen molar-refractivity contribution in [2.75, 3.05) is 43.9 Å². The fraction of sp³-hybridized carbons (Fsp3) is 0.476. The Labute approximate surface area is 181 Å². The molecule has 2 amide bonds. The number of ether oxygens (including phenoxy) is 1. The summed E-state index contributed by atoms with van der Waals surface area (Å²) < 4.78 is 7.27. The summed E-state index contributed by atoms with van der Waals surface area (Å²) >= 11 is 1.37. The largest absolute Gasteiger partial charge is 0.379 e. The Hall–Kier alpha value is -2.36. The van der Waals surface area contributed by atoms with Crippen LogP contribution in [-0.2, 0) is 16.6 Å². The molecule has 1 aromatic carbocycles. The minimum Gasteiger partial charge on any atom is -0.379 e. The molecule has 1 aliphatic heterocycles. The third-order valence-corrected chi connectivity index (χ3v) is 6.15. The lowest BCUT2D eigenvalue weighted by atomic mass is 10.0. The molecule has 1 aromatic heterocycles. The summed E-state index contributed by atoms with van der Waals surface area (Å²) in [4.78, 5) is 31.2. The van der Waals surface area contributed by atoms with Gasteiger partial charge >= 0.3 is 0 Å². The summed E-state index contributed by atoms with van der Waals surface area (Å²) in [6.45, 7) is 8.00. The molecule has 0 saturated carbocycles. The first kappa shape index (κ1) is 22.3. The summed E-state index contributed by atoms with van der Waals surface area (Å²) in [5.41, 5.74) is 1.08. The number of nitrogens with one attached hydrogen (secondary N) is 2. The maximum absolute atomic E-state index is 12.5. The number of carbonyl (C=O) groups excluding carboxylic acids is 2. The SMILES string of the molecule is Cn1ccnc1SCC(=O)Nc1ccc(C(=O)NCC(C)(C)N2CCOCC2)cc1. The highest BCUT2D eigenvalue weighted by Crippen LogP contribution is 2.17. The fourth-order valence-corrected chi connectivity index (χ4v) is 3.93. The third kappa shape index (κ3) is 6.07. The second-order valence-electron chi connectivity index (χ2n) is 7.83. The Morgan fingerprint density at radius 1 is 1.20 bits per heavy atom. The van der Waals surface area contributed by atoms with Gasteiger partial charge in [0.2, 0.25) is 5.91 Å². The molecule has 0 bridgehead atoms. The van der Waals surface area contributed by atoms with Crippen LogP contribution in [0.5, 0.6) is 0 Å². The summed E-state index contributed by atoms with van der Waals surface area (Å²) in [5, 5.41) is 6.65. The minimum atomic E-state index is -0.141. The molecule has 3 rings (SSSR count). The summed E-state index contributed by atoms with van der Waals surface area (Å²) in [6.07, 6.45) is 3.54. The Morgan fingerprint density at radius 3 is 2.53 bits per heavy atom. The van der Waals surface area contributed by atoms with E-state index in [1.165, 1.54) is 11.8 Å². The Balaban J connectivity index is 1.46. The monoisotopic (exact) mass is 431 g/mol. The van der Waals surface area contributed by atoms with Gasteiger partial charge in [-0.1, -0.05) is 11.8 Å². The number of morpholine rings is 1. The maximum atomic E-state index is 12.5. The predicted molar refractivity (Wildman–Crippen MR) is 118 cm³/mol. The zero-order valence-electron chi connectivity index (χ0n) is 17.7. The van der Waals surface area contributed by atoms with Crippen LogP contribution in [0.15, 0.2) is 41.8 Å². The standard InChI is InChI=1S/C21H29N5O3S/c1-21(2,26-10-12-29-13-11-26)15-23-19(28)16-4-6-17(7-5-16)24-18(27)14-30-20-22-8-9-25(20)3/h4-9H,10-15H2,1-3H3,(H,23,28)(H,24,27). The molecular formula is C21H29N5O3S. The third-order valence-electron chi connectivity index (χ3n) is 5.09. The van der Waals surface area contributed by atoms with Crippen molar-refractivity contribution >= 4 is 29.3 Å². The van der Waals surface area contributed by atoms with Crippen LogP contribution in [0, 0.1) is 0 Å². The molecule has 162 valence electrons. The molecule has 2 heterocycles. The molecule has 30 heavy (non-hydrogen) atoms. The molecule has 8 nitrogen and oxygen atoms in total. The molecule has 9 heteroatoms. The van der Waals surface area contributed by atoms with Crippen molar-refractivity contribution in [2.24, 2.45) is 7.05 Å². The van der Waals surface area contributed by atoms with Gasteiger partial charge in [-0.05, 0) is 38.1 Å². The number of imidazole rings is 1. The molecule has 0 spiro atoms. The van der Waals surface area contributed by atoms with E-state index >= 15 is 0 Å². The van der Waals surface area contributed by atoms with E-state index in [1.807, 2.05) is 17.8 Å². The number of nitrogens with zero attached hydrogens (tertiary/aromatic N) is 3. The van der Waals surface area contributed by atoms with Crippen molar-refractivity contribution in [1.82, 2.24) is 19.8 Å². The van der Waals surface area contributed by atoms with E-state index < -0.39 is 0 Å². The van der Waals surface area contributed by atoms with E-state index in [1.54, 1.807) is 30.5 Å². The molecule has 2 N–H and O–H groups in total. The van der Waals surface area contributed by atoms with E-state index in [4.69, 9.17) is 4.74 Å². The number of aryl methyl sites for hydroxylation is 1. The van der Waals surface area contributed by atoms with Gasteiger partial charge in [-0.25, -0.2) is 4.98 Å². The number of amides is 2. The number of carbonyl (C=O) groups is 2. The summed E-state index contributed by atoms with van der Waals surface area (Å²) in [7, 11) is 1.89. The van der Waals surface area contributed by atoms with Gasteiger partial charge in [-0.15, -0.1) is 0 Å². The van der Waals surface area contributed by atoms with E-state index in [0.29, 0.717) is 17.8 Å². The Kier molecular flexibility index (Phi) is 7.52. The van der Waals surface area contributed by atoms with Gasteiger partial charge in [0.05, 0.1) is 19.0 Å². The van der Waals surface area contributed by atoms with Crippen LogP contribution in [0.4, 0.5) is 5.69 Å². The number of aromatic nitrogens is 2. The van der Waals surface area contributed by atoms with E-state index in [2.05, 4.69) is 34.4 Å². The Morgan fingerprint density at radius 2 is 1.90 bits per heavy atom. The molecule has 2 aromatic rings. The van der Waals surface area contributed by atoms with Crippen molar-refractivity contribution in [3.8, 4) is 0 Å². The van der Waals surface area contributed by atoms with Gasteiger partial charge in [0, 0.05) is 55.9 Å². The number of anilines is 1. The molecule has 0 radical (unpaired) electrons. The highest BCUT2D eigenvalue weighted by molar-refractivity contribution is 7.99. The topological polar surface area (TPSA) is 88.5 Å². The van der Waals surface area contributed by atoms with E-state index in [9.17, 15) is 9.59 Å². The lowest BCUT2D eigenvalue weighted by Gasteiger charge is -2.40. The maximum Gasteiger partial charge on any atom is 0.251 e. The average Bonchev–Trinajstić information content (AvgIpc) is 3.16. The zero-order valence-corrected chi connectivity index (χ0v) is 18.5. The van der Waals surface area contributed by atoms with Crippen LogP contribution < -0.4 is 10.6 Å². The van der Waals surface area contributed by atoms with Crippen molar-refractivity contribution in [3.63, 3.8) is 0 Å². The fourth-order valence-electron chi connectivity index (χ4n) is 3.20. The van der Waals surface area contributed by atoms with Crippen LogP contribution in [0.1, 0.15) is 24.2 Å². The normalized spacial score (nSPS) is 15.0. The van der Waals surface area contributed by atoms with Crippen molar-refractivity contribution in [3.05, 3.63) is 42.2 Å². The molecule has 1 saturated heterocycles. The van der Waals surface area contributed by atoms with Crippen LogP contribution in [-0.4, -0.2) is 70.4 Å². The van der Waals surface area contributed by atoms with Gasteiger partial charge in [-0.2, -0.15) is 0 Å². The highest BCUT2D eigenvalue weighted by atomic mass is 32.2. The number of benzene rings is 1. The Bertz CT molecular complexity index is 860. The van der Waals surface area contributed by atoms with Crippen molar-refractivity contribution < 1.29 is 14.3 Å². The number of hydrogen-bond acceptors (Lipinski definition) is 6.